The number of unbranched alkanes of at least 4 members (excludes halogenated alkanes) is 2. The third-order valence-electron chi connectivity index (χ3n) is 6.70. The van der Waals surface area contributed by atoms with E-state index in [1.54, 1.807) is 12.1 Å². The second kappa shape index (κ2) is 15.9. The van der Waals surface area contributed by atoms with Crippen LogP contribution in [0.5, 0.6) is 5.75 Å². The summed E-state index contributed by atoms with van der Waals surface area (Å²) in [6, 6.07) is 2.43. The summed E-state index contributed by atoms with van der Waals surface area (Å²) in [5, 5.41) is 24.6. The lowest BCUT2D eigenvalue weighted by Gasteiger charge is -2.29. The molecule has 3 amide bonds. The minimum atomic E-state index is -1.08. The number of carbonyl (C=O) groups is 4. The summed E-state index contributed by atoms with van der Waals surface area (Å²) in [6.07, 6.45) is 4.27. The van der Waals surface area contributed by atoms with E-state index in [9.17, 15) is 29.4 Å². The Labute approximate surface area is 223 Å². The molecule has 4 unspecified atom stereocenters. The number of nitrogens with zero attached hydrogens (tertiary/aromatic N) is 1. The van der Waals surface area contributed by atoms with Crippen molar-refractivity contribution in [3.8, 4) is 5.75 Å². The van der Waals surface area contributed by atoms with Gasteiger partial charge in [0.1, 0.15) is 23.9 Å². The van der Waals surface area contributed by atoms with E-state index >= 15 is 0 Å². The number of aromatic hydroxyl groups is 1. The number of benzene rings is 1. The third kappa shape index (κ3) is 9.58. The summed E-state index contributed by atoms with van der Waals surface area (Å²) in [5.74, 6) is -2.57. The molecule has 12 heteroatoms. The summed E-state index contributed by atoms with van der Waals surface area (Å²) in [4.78, 5) is 52.6. The molecule has 1 aliphatic heterocycles. The number of aliphatic carboxylic acids is 1. The van der Waals surface area contributed by atoms with Gasteiger partial charge in [-0.15, -0.1) is 0 Å². The van der Waals surface area contributed by atoms with Gasteiger partial charge in [-0.1, -0.05) is 18.6 Å². The fourth-order valence-electron chi connectivity index (χ4n) is 4.51. The summed E-state index contributed by atoms with van der Waals surface area (Å²) in [7, 11) is 0. The van der Waals surface area contributed by atoms with E-state index in [1.165, 1.54) is 17.0 Å². The van der Waals surface area contributed by atoms with Crippen LogP contribution in [0.3, 0.4) is 0 Å². The summed E-state index contributed by atoms with van der Waals surface area (Å²) < 4.78 is 0. The number of phenols is 1. The number of amides is 3. The maximum Gasteiger partial charge on any atom is 0.326 e. The van der Waals surface area contributed by atoms with Gasteiger partial charge in [-0.05, 0) is 75.7 Å². The molecule has 1 saturated heterocycles. The molecular weight excluding hydrogens is 492 g/mol. The molecule has 212 valence electrons. The van der Waals surface area contributed by atoms with Crippen LogP contribution in [0.25, 0.3) is 0 Å². The minimum Gasteiger partial charge on any atom is -0.508 e. The lowest BCUT2D eigenvalue weighted by molar-refractivity contribution is -0.149. The van der Waals surface area contributed by atoms with Crippen molar-refractivity contribution in [3.05, 3.63) is 29.8 Å². The van der Waals surface area contributed by atoms with Crippen molar-refractivity contribution in [2.75, 3.05) is 19.6 Å². The largest absolute Gasteiger partial charge is 0.508 e. The van der Waals surface area contributed by atoms with Gasteiger partial charge in [0.05, 0.1) is 6.04 Å². The van der Waals surface area contributed by atoms with Gasteiger partial charge >= 0.3 is 5.97 Å². The van der Waals surface area contributed by atoms with Crippen LogP contribution in [-0.2, 0) is 25.6 Å². The standard InChI is InChI=1S/C26H42N6O6/c27-13-3-1-6-19(29)23(34)31-21(16-17-9-11-18(33)12-10-17)24(35)30-20(7-2-4-14-28)25(36)32-15-5-8-22(32)26(37)38/h9-12,19-22,33H,1-8,13-16,27-29H2,(H,30,35)(H,31,34)(H,37,38). The van der Waals surface area contributed by atoms with E-state index in [0.29, 0.717) is 63.7 Å². The second-order valence-corrected chi connectivity index (χ2v) is 9.70. The number of hydrogen-bond donors (Lipinski definition) is 7. The van der Waals surface area contributed by atoms with E-state index in [1.807, 2.05) is 0 Å². The minimum absolute atomic E-state index is 0.0601. The number of rotatable bonds is 16. The molecule has 12 nitrogen and oxygen atoms in total. The van der Waals surface area contributed by atoms with Crippen LogP contribution in [0.2, 0.25) is 0 Å². The zero-order chi connectivity index (χ0) is 28.1. The zero-order valence-electron chi connectivity index (χ0n) is 21.8. The molecular formula is C26H42N6O6. The topological polar surface area (TPSA) is 214 Å². The first-order valence-corrected chi connectivity index (χ1v) is 13.3. The maximum absolute atomic E-state index is 13.5. The van der Waals surface area contributed by atoms with Crippen molar-refractivity contribution < 1.29 is 29.4 Å². The lowest BCUT2D eigenvalue weighted by atomic mass is 10.0. The van der Waals surface area contributed by atoms with Gasteiger partial charge in [-0.3, -0.25) is 14.4 Å². The number of carboxylic acids is 1. The van der Waals surface area contributed by atoms with Crippen LogP contribution in [-0.4, -0.2) is 82.6 Å². The van der Waals surface area contributed by atoms with E-state index in [0.717, 1.165) is 6.42 Å². The molecule has 0 bridgehead atoms. The number of likely N-dealkylation sites (tertiary alicyclic amines) is 1. The Kier molecular flexibility index (Phi) is 13.0. The second-order valence-electron chi connectivity index (χ2n) is 9.70. The average Bonchev–Trinajstić information content (AvgIpc) is 3.39. The van der Waals surface area contributed by atoms with Gasteiger partial charge in [-0.2, -0.15) is 0 Å². The van der Waals surface area contributed by atoms with Gasteiger partial charge in [0.15, 0.2) is 0 Å². The molecule has 4 atom stereocenters. The first kappa shape index (κ1) is 31.0. The van der Waals surface area contributed by atoms with Crippen molar-refractivity contribution in [2.45, 2.75) is 82.0 Å². The number of phenolic OH excluding ortho intramolecular Hbond substituents is 1. The number of nitrogens with one attached hydrogen (secondary N) is 2. The molecule has 1 aromatic rings. The molecule has 1 aliphatic rings. The Morgan fingerprint density at radius 3 is 2.13 bits per heavy atom. The highest BCUT2D eigenvalue weighted by Crippen LogP contribution is 2.20. The predicted molar refractivity (Wildman–Crippen MR) is 142 cm³/mol. The van der Waals surface area contributed by atoms with Crippen LogP contribution in [0.15, 0.2) is 24.3 Å². The molecule has 0 spiro atoms. The Bertz CT molecular complexity index is 927. The molecule has 0 aliphatic carbocycles. The number of hydrogen-bond acceptors (Lipinski definition) is 8. The molecule has 10 N–H and O–H groups in total. The van der Waals surface area contributed by atoms with Crippen molar-refractivity contribution in [3.63, 3.8) is 0 Å². The quantitative estimate of drug-likeness (QED) is 0.137. The summed E-state index contributed by atoms with van der Waals surface area (Å²) in [6.45, 7) is 1.20. The lowest BCUT2D eigenvalue weighted by Crippen LogP contribution is -2.57. The Morgan fingerprint density at radius 2 is 1.53 bits per heavy atom. The highest BCUT2D eigenvalue weighted by Gasteiger charge is 2.38. The SMILES string of the molecule is NCCCCC(N)C(=O)NC(Cc1ccc(O)cc1)C(=O)NC(CCCCN)C(=O)N1CCCC1C(=O)O. The normalized spacial score (nSPS) is 17.4. The third-order valence-corrected chi connectivity index (χ3v) is 6.70. The van der Waals surface area contributed by atoms with Crippen molar-refractivity contribution in [1.29, 1.82) is 0 Å². The summed E-state index contributed by atoms with van der Waals surface area (Å²) >= 11 is 0. The molecule has 1 heterocycles. The molecule has 1 fully saturated rings. The van der Waals surface area contributed by atoms with Crippen LogP contribution >= 0.6 is 0 Å². The van der Waals surface area contributed by atoms with Gasteiger partial charge in [-0.25, -0.2) is 4.79 Å². The van der Waals surface area contributed by atoms with Crippen LogP contribution < -0.4 is 27.8 Å². The highest BCUT2D eigenvalue weighted by atomic mass is 16.4. The first-order chi connectivity index (χ1) is 18.2. The fourth-order valence-corrected chi connectivity index (χ4v) is 4.51. The van der Waals surface area contributed by atoms with Crippen molar-refractivity contribution >= 4 is 23.7 Å². The van der Waals surface area contributed by atoms with E-state index in [2.05, 4.69) is 10.6 Å². The first-order valence-electron chi connectivity index (χ1n) is 13.3. The Hall–Kier alpha value is -3.22. The molecule has 0 radical (unpaired) electrons. The predicted octanol–water partition coefficient (Wildman–Crippen LogP) is -0.435. The molecule has 0 saturated carbocycles. The van der Waals surface area contributed by atoms with E-state index < -0.39 is 47.9 Å². The van der Waals surface area contributed by atoms with Gasteiger partial charge in [0.2, 0.25) is 17.7 Å². The maximum atomic E-state index is 13.5. The summed E-state index contributed by atoms with van der Waals surface area (Å²) in [5.41, 5.74) is 17.8. The fraction of sp³-hybridized carbons (Fsp3) is 0.615. The number of carboxylic acid groups (broad SMARTS) is 1. The Balaban J connectivity index is 2.21. The zero-order valence-corrected chi connectivity index (χ0v) is 21.8. The average molecular weight is 535 g/mol. The van der Waals surface area contributed by atoms with E-state index in [-0.39, 0.29) is 18.6 Å². The van der Waals surface area contributed by atoms with Gasteiger partial charge in [0.25, 0.3) is 0 Å². The van der Waals surface area contributed by atoms with E-state index in [4.69, 9.17) is 17.2 Å². The van der Waals surface area contributed by atoms with Crippen molar-refractivity contribution in [1.82, 2.24) is 15.5 Å². The molecule has 38 heavy (non-hydrogen) atoms. The van der Waals surface area contributed by atoms with Crippen molar-refractivity contribution in [2.24, 2.45) is 17.2 Å². The smallest absolute Gasteiger partial charge is 0.326 e. The number of nitrogens with two attached hydrogens (primary N) is 3. The molecule has 1 aromatic carbocycles. The highest BCUT2D eigenvalue weighted by molar-refractivity contribution is 5.94. The van der Waals surface area contributed by atoms with Crippen LogP contribution in [0, 0.1) is 0 Å². The monoisotopic (exact) mass is 534 g/mol. The van der Waals surface area contributed by atoms with Gasteiger partial charge in [0, 0.05) is 13.0 Å². The molecule has 2 rings (SSSR count). The number of carbonyl (C=O) groups excluding carboxylic acids is 3. The van der Waals surface area contributed by atoms with Gasteiger partial charge < -0.3 is 42.9 Å². The van der Waals surface area contributed by atoms with Crippen LogP contribution in [0.4, 0.5) is 0 Å². The van der Waals surface area contributed by atoms with Crippen LogP contribution in [0.1, 0.15) is 56.9 Å². The Morgan fingerprint density at radius 1 is 0.921 bits per heavy atom. The molecule has 0 aromatic heterocycles.